The van der Waals surface area contributed by atoms with Crippen molar-refractivity contribution in [3.63, 3.8) is 0 Å². The summed E-state index contributed by atoms with van der Waals surface area (Å²) in [5, 5.41) is 45.8. The van der Waals surface area contributed by atoms with Crippen LogP contribution < -0.4 is 50.0 Å². The van der Waals surface area contributed by atoms with E-state index >= 15 is 0 Å². The number of carboxylic acid groups (broad SMARTS) is 2. The number of hydrogen-bond acceptors (Lipinski definition) is 8. The minimum absolute atomic E-state index is 0. The maximum Gasteiger partial charge on any atom is 3.00 e. The van der Waals surface area contributed by atoms with Crippen molar-refractivity contribution in [3.8, 4) is 11.5 Å². The topological polar surface area (TPSA) is 133 Å². The summed E-state index contributed by atoms with van der Waals surface area (Å²) in [6, 6.07) is 12.7. The van der Waals surface area contributed by atoms with Gasteiger partial charge in [-0.3, -0.25) is 9.80 Å². The average molecular weight is 477 g/mol. The zero-order valence-electron chi connectivity index (χ0n) is 17.3. The number of aliphatic carboxylic acids is 2. The fourth-order valence-corrected chi connectivity index (χ4v) is 3.06. The molecule has 0 fully saturated rings. The summed E-state index contributed by atoms with van der Waals surface area (Å²) in [6.45, 7) is 0.223. The third-order valence-corrected chi connectivity index (χ3v) is 4.39. The van der Waals surface area contributed by atoms with Gasteiger partial charge in [-0.05, 0) is 17.5 Å². The Hall–Kier alpha value is -1.58. The van der Waals surface area contributed by atoms with Gasteiger partial charge in [-0.2, -0.15) is 0 Å². The summed E-state index contributed by atoms with van der Waals surface area (Å²) in [5.41, 5.74) is 0.946. The summed E-state index contributed by atoms with van der Waals surface area (Å²) >= 11 is 0. The molecule has 0 saturated heterocycles. The van der Waals surface area contributed by atoms with E-state index in [9.17, 15) is 30.0 Å². The van der Waals surface area contributed by atoms with Crippen LogP contribution in [0.5, 0.6) is 11.5 Å². The molecule has 0 amide bonds. The van der Waals surface area contributed by atoms with E-state index < -0.39 is 11.9 Å². The molecule has 2 aromatic carbocycles. The molecule has 31 heavy (non-hydrogen) atoms. The van der Waals surface area contributed by atoms with E-state index in [1.165, 1.54) is 12.1 Å². The predicted molar refractivity (Wildman–Crippen MR) is 97.0 cm³/mol. The molecule has 0 unspecified atom stereocenters. The summed E-state index contributed by atoms with van der Waals surface area (Å²) in [5.74, 6) is -2.89. The fraction of sp³-hybridized carbons (Fsp3) is 0.333. The van der Waals surface area contributed by atoms with Crippen molar-refractivity contribution in [1.82, 2.24) is 9.80 Å². The van der Waals surface area contributed by atoms with Gasteiger partial charge in [0.1, 0.15) is 0 Å². The molecule has 0 atom stereocenters. The number of carbonyl (C=O) groups is 2. The second-order valence-corrected chi connectivity index (χ2v) is 6.73. The molecular weight excluding hydrogens is 455 g/mol. The van der Waals surface area contributed by atoms with Gasteiger partial charge in [0.25, 0.3) is 0 Å². The van der Waals surface area contributed by atoms with Gasteiger partial charge in [-0.25, -0.2) is 0 Å². The molecule has 0 aliphatic carbocycles. The first-order valence-electron chi connectivity index (χ1n) is 9.19. The summed E-state index contributed by atoms with van der Waals surface area (Å²) in [7, 11) is 0. The molecule has 2 rings (SSSR count). The number of rotatable bonds is 12. The van der Waals surface area contributed by atoms with Crippen LogP contribution in [0.3, 0.4) is 0 Å². The van der Waals surface area contributed by atoms with Crippen molar-refractivity contribution in [2.75, 3.05) is 26.2 Å². The molecule has 0 saturated carbocycles. The first-order chi connectivity index (χ1) is 13.8. The normalized spacial score (nSPS) is 10.4. The fourth-order valence-electron chi connectivity index (χ4n) is 3.06. The SMILES string of the molecule is O=C([O-])CN(CCCN(CC(=O)[O-])Cc1ccccc1[O-])Cc1ccccc1[O-].[Fe+3].[Na+]. The van der Waals surface area contributed by atoms with E-state index in [0.717, 1.165) is 0 Å². The Morgan fingerprint density at radius 2 is 1.06 bits per heavy atom. The van der Waals surface area contributed by atoms with E-state index in [0.29, 0.717) is 30.6 Å². The van der Waals surface area contributed by atoms with Crippen LogP contribution in [0.1, 0.15) is 17.5 Å². The van der Waals surface area contributed by atoms with Crippen LogP contribution in [-0.2, 0) is 39.7 Å². The largest absolute Gasteiger partial charge is 3.00 e. The Balaban J connectivity index is 0.00000450. The van der Waals surface area contributed by atoms with Gasteiger partial charge in [0.2, 0.25) is 0 Å². The van der Waals surface area contributed by atoms with Crippen molar-refractivity contribution >= 4 is 11.9 Å². The van der Waals surface area contributed by atoms with Crippen molar-refractivity contribution < 1.29 is 76.6 Å². The van der Waals surface area contributed by atoms with Crippen LogP contribution in [0.2, 0.25) is 0 Å². The van der Waals surface area contributed by atoms with E-state index in [4.69, 9.17) is 0 Å². The molecular formula is C21H22FeN2NaO6. The quantitative estimate of drug-likeness (QED) is 0.278. The standard InChI is InChI=1S/C21H26N2O6.Fe.Na/c24-18-8-3-1-6-16(18)12-22(14-20(26)27)10-5-11-23(15-21(28)29)13-17-7-2-4-9-19(17)25;;/h1-4,6-9,24-25H,5,10-15H2,(H,26,27)(H,28,29);;/q;+3;+1/p-4. The number of para-hydroxylation sites is 2. The van der Waals surface area contributed by atoms with E-state index in [1.54, 1.807) is 46.2 Å². The van der Waals surface area contributed by atoms with Crippen LogP contribution in [0.15, 0.2) is 48.5 Å². The summed E-state index contributed by atoms with van der Waals surface area (Å²) < 4.78 is 0. The molecule has 0 spiro atoms. The van der Waals surface area contributed by atoms with Crippen LogP contribution in [0, 0.1) is 0 Å². The molecule has 161 valence electrons. The Labute approximate surface area is 214 Å². The van der Waals surface area contributed by atoms with Crippen molar-refractivity contribution in [1.29, 1.82) is 0 Å². The molecule has 2 aromatic rings. The maximum atomic E-state index is 11.9. The first-order valence-corrected chi connectivity index (χ1v) is 9.19. The van der Waals surface area contributed by atoms with Crippen LogP contribution in [0.25, 0.3) is 0 Å². The van der Waals surface area contributed by atoms with Crippen LogP contribution >= 0.6 is 0 Å². The number of benzene rings is 2. The van der Waals surface area contributed by atoms with Gasteiger partial charge >= 0.3 is 46.6 Å². The van der Waals surface area contributed by atoms with Gasteiger partial charge in [-0.1, -0.05) is 48.5 Å². The Morgan fingerprint density at radius 1 is 0.710 bits per heavy atom. The maximum absolute atomic E-state index is 11.9. The van der Waals surface area contributed by atoms with Crippen LogP contribution in [-0.4, -0.2) is 47.9 Å². The molecule has 0 bridgehead atoms. The Bertz CT molecular complexity index is 772. The molecule has 8 nitrogen and oxygen atoms in total. The third-order valence-electron chi connectivity index (χ3n) is 4.39. The average Bonchev–Trinajstić information content (AvgIpc) is 2.64. The number of carboxylic acids is 2. The Kier molecular flexibility index (Phi) is 14.5. The van der Waals surface area contributed by atoms with Gasteiger partial charge in [0.05, 0.1) is 11.9 Å². The monoisotopic (exact) mass is 477 g/mol. The van der Waals surface area contributed by atoms with Crippen molar-refractivity contribution in [3.05, 3.63) is 59.7 Å². The van der Waals surface area contributed by atoms with Crippen molar-refractivity contribution in [2.24, 2.45) is 0 Å². The van der Waals surface area contributed by atoms with Gasteiger partial charge < -0.3 is 30.0 Å². The molecule has 0 heterocycles. The molecule has 0 N–H and O–H groups in total. The number of carbonyl (C=O) groups excluding carboxylic acids is 2. The number of hydrogen-bond donors (Lipinski definition) is 0. The first kappa shape index (κ1) is 29.4. The Morgan fingerprint density at radius 3 is 1.39 bits per heavy atom. The molecule has 0 aliphatic heterocycles. The number of nitrogens with zero attached hydrogens (tertiary/aromatic N) is 2. The molecule has 0 aromatic heterocycles. The van der Waals surface area contributed by atoms with Gasteiger partial charge in [0.15, 0.2) is 0 Å². The van der Waals surface area contributed by atoms with Crippen LogP contribution in [0.4, 0.5) is 0 Å². The third kappa shape index (κ3) is 11.0. The smallest absolute Gasteiger partial charge is 0.872 e. The van der Waals surface area contributed by atoms with Gasteiger partial charge in [0, 0.05) is 39.3 Å². The second kappa shape index (κ2) is 15.3. The molecule has 1 radical (unpaired) electrons. The predicted octanol–water partition coefficient (Wildman–Crippen LogP) is -4.97. The van der Waals surface area contributed by atoms with E-state index in [2.05, 4.69) is 0 Å². The van der Waals surface area contributed by atoms with E-state index in [1.807, 2.05) is 0 Å². The minimum Gasteiger partial charge on any atom is -0.872 e. The van der Waals surface area contributed by atoms with Gasteiger partial charge in [-0.15, -0.1) is 11.5 Å². The zero-order chi connectivity index (χ0) is 21.2. The molecule has 0 aliphatic rings. The zero-order valence-corrected chi connectivity index (χ0v) is 20.4. The minimum atomic E-state index is -1.26. The van der Waals surface area contributed by atoms with Crippen molar-refractivity contribution in [2.45, 2.75) is 19.5 Å². The summed E-state index contributed by atoms with van der Waals surface area (Å²) in [4.78, 5) is 25.2. The molecule has 10 heteroatoms. The van der Waals surface area contributed by atoms with E-state index in [-0.39, 0.29) is 84.3 Å². The summed E-state index contributed by atoms with van der Waals surface area (Å²) in [6.07, 6.45) is 0.433. The second-order valence-electron chi connectivity index (χ2n) is 6.73.